The molecule has 3 unspecified atom stereocenters. The fraction of sp³-hybridized carbons (Fsp3) is 0.600. The van der Waals surface area contributed by atoms with Gasteiger partial charge in [0.15, 0.2) is 24.5 Å². The van der Waals surface area contributed by atoms with Crippen molar-refractivity contribution >= 4 is 30.7 Å². The third-order valence-corrected chi connectivity index (χ3v) is 6.58. The monoisotopic (exact) mass is 443 g/mol. The lowest BCUT2D eigenvalue weighted by Crippen LogP contribution is -2.48. The number of hydrogen-bond donors (Lipinski definition) is 3. The van der Waals surface area contributed by atoms with Crippen LogP contribution in [0.3, 0.4) is 0 Å². The summed E-state index contributed by atoms with van der Waals surface area (Å²) in [5, 5.41) is 24.3. The quantitative estimate of drug-likeness (QED) is 0.452. The molecule has 6 atom stereocenters. The average molecular weight is 443 g/mol. The number of hydrogen-bond acceptors (Lipinski definition) is 12. The van der Waals surface area contributed by atoms with Crippen LogP contribution in [0, 0.1) is 0 Å². The van der Waals surface area contributed by atoms with Gasteiger partial charge >= 0.3 is 7.75 Å². The highest BCUT2D eigenvalue weighted by atomic mass is 31.2. The van der Waals surface area contributed by atoms with Gasteiger partial charge in [-0.3, -0.25) is 13.6 Å². The summed E-state index contributed by atoms with van der Waals surface area (Å²) >= 11 is 0. The fourth-order valence-corrected chi connectivity index (χ4v) is 4.78. The number of ether oxygens (including phenoxy) is 2. The summed E-state index contributed by atoms with van der Waals surface area (Å²) in [6.07, 6.45) is -0.121. The Morgan fingerprint density at radius 2 is 2.23 bits per heavy atom. The Hall–Kier alpha value is -2.19. The molecule has 0 saturated carbocycles. The number of fused-ring (bicyclic) bond motifs is 2. The summed E-state index contributed by atoms with van der Waals surface area (Å²) in [5.74, 6) is -1.31. The highest BCUT2D eigenvalue weighted by molar-refractivity contribution is 7.51. The van der Waals surface area contributed by atoms with E-state index < -0.39 is 50.6 Å². The lowest BCUT2D eigenvalue weighted by atomic mass is 9.96. The Morgan fingerprint density at radius 3 is 2.97 bits per heavy atom. The van der Waals surface area contributed by atoms with Crippen LogP contribution in [0.2, 0.25) is 0 Å². The minimum absolute atomic E-state index is 0.171. The molecule has 2 fully saturated rings. The molecule has 2 aliphatic rings. The van der Waals surface area contributed by atoms with E-state index in [9.17, 15) is 19.6 Å². The molecule has 0 aliphatic carbocycles. The summed E-state index contributed by atoms with van der Waals surface area (Å²) in [5.41, 5.74) is 4.91. The molecular weight excluding hydrogens is 423 g/mol. The zero-order valence-electron chi connectivity index (χ0n) is 16.0. The third kappa shape index (κ3) is 3.56. The summed E-state index contributed by atoms with van der Waals surface area (Å²) in [6.45, 7) is 1.87. The highest BCUT2D eigenvalue weighted by Gasteiger charge is 2.56. The van der Waals surface area contributed by atoms with E-state index in [4.69, 9.17) is 24.3 Å². The van der Waals surface area contributed by atoms with Crippen molar-refractivity contribution in [2.75, 3.05) is 19.1 Å². The maximum Gasteiger partial charge on any atom is 0.408 e. The molecule has 0 spiro atoms. The molecule has 15 heteroatoms. The Balaban J connectivity index is 1.58. The van der Waals surface area contributed by atoms with Gasteiger partial charge in [-0.25, -0.2) is 24.6 Å². The van der Waals surface area contributed by atoms with Crippen LogP contribution < -0.4 is 15.9 Å². The molecule has 2 aromatic rings. The number of nitrogens with one attached hydrogen (secondary N) is 1. The molecule has 4 heterocycles. The molecular formula is C15H20N6O8P-. The topological polar surface area (TPSA) is 196 Å². The molecule has 0 aromatic carbocycles. The van der Waals surface area contributed by atoms with Crippen LogP contribution in [0.1, 0.15) is 20.1 Å². The van der Waals surface area contributed by atoms with Crippen LogP contribution in [0.5, 0.6) is 0 Å². The predicted molar refractivity (Wildman–Crippen MR) is 96.3 cm³/mol. The Morgan fingerprint density at radius 1 is 1.47 bits per heavy atom. The highest BCUT2D eigenvalue weighted by Crippen LogP contribution is 2.49. The van der Waals surface area contributed by atoms with E-state index in [2.05, 4.69) is 20.0 Å². The molecule has 30 heavy (non-hydrogen) atoms. The first-order valence-corrected chi connectivity index (χ1v) is 10.5. The number of carboxylic acid groups (broad SMARTS) is 1. The van der Waals surface area contributed by atoms with Gasteiger partial charge in [0.25, 0.3) is 0 Å². The van der Waals surface area contributed by atoms with Gasteiger partial charge in [-0.1, -0.05) is 0 Å². The van der Waals surface area contributed by atoms with E-state index in [1.54, 1.807) is 0 Å². The molecule has 4 rings (SSSR count). The first-order valence-electron chi connectivity index (χ1n) is 8.92. The number of nitrogens with zero attached hydrogens (tertiary/aromatic N) is 4. The first-order chi connectivity index (χ1) is 14.1. The number of anilines is 1. The molecule has 0 bridgehead atoms. The van der Waals surface area contributed by atoms with Gasteiger partial charge in [-0.15, -0.1) is 0 Å². The second-order valence-corrected chi connectivity index (χ2v) is 8.90. The molecule has 2 saturated heterocycles. The summed E-state index contributed by atoms with van der Waals surface area (Å²) < 4.78 is 36.1. The Bertz CT molecular complexity index is 1010. The summed E-state index contributed by atoms with van der Waals surface area (Å²) in [7, 11) is -4.02. The largest absolute Gasteiger partial charge is 0.548 e. The van der Waals surface area contributed by atoms with Crippen molar-refractivity contribution in [3.05, 3.63) is 12.7 Å². The number of carbonyl (C=O) groups is 1. The van der Waals surface area contributed by atoms with Crippen molar-refractivity contribution in [2.45, 2.75) is 43.9 Å². The summed E-state index contributed by atoms with van der Waals surface area (Å²) in [6, 6.07) is -1.30. The van der Waals surface area contributed by atoms with Crippen LogP contribution in [0.4, 0.5) is 5.82 Å². The normalized spacial score (nSPS) is 35.5. The van der Waals surface area contributed by atoms with E-state index in [0.717, 1.165) is 0 Å². The van der Waals surface area contributed by atoms with Crippen LogP contribution in [0.25, 0.3) is 11.2 Å². The number of aliphatic carboxylic acids is 1. The number of carboxylic acids is 1. The molecule has 0 radical (unpaired) electrons. The van der Waals surface area contributed by atoms with Crippen molar-refractivity contribution in [3.8, 4) is 0 Å². The van der Waals surface area contributed by atoms with Gasteiger partial charge in [0.05, 0.1) is 24.9 Å². The van der Waals surface area contributed by atoms with Crippen molar-refractivity contribution in [3.63, 3.8) is 0 Å². The third-order valence-electron chi connectivity index (χ3n) is 4.94. The Labute approximate surface area is 169 Å². The molecule has 2 aliphatic heterocycles. The molecule has 164 valence electrons. The number of rotatable bonds is 4. The van der Waals surface area contributed by atoms with Gasteiger partial charge in [0.1, 0.15) is 29.7 Å². The zero-order chi connectivity index (χ0) is 21.7. The van der Waals surface area contributed by atoms with Gasteiger partial charge in [-0.05, 0) is 13.8 Å². The van der Waals surface area contributed by atoms with E-state index in [1.165, 1.54) is 31.1 Å². The SMILES string of the molecule is CC(NP1(=O)OCO[C@H]2[C@@H](CO1)O[C@@H](n1cnc3c(N)ncnc31)C2(C)O)C(=O)[O-]. The lowest BCUT2D eigenvalue weighted by Gasteiger charge is -2.33. The Kier molecular flexibility index (Phi) is 5.26. The average Bonchev–Trinajstić information content (AvgIpc) is 3.18. The van der Waals surface area contributed by atoms with Gasteiger partial charge in [-0.2, -0.15) is 0 Å². The van der Waals surface area contributed by atoms with E-state index >= 15 is 0 Å². The standard InChI is InChI=1S/C15H21N6O8P/c1-7(13(22)23)20-30(25)27-3-8-10(26-6-28-30)15(2,24)14(29-8)21-5-19-9-11(16)17-4-18-12(9)21/h4-5,7-8,10,14,24H,3,6H2,1-2H3,(H,20,25)(H,22,23)(H2,16,17,18)/p-1/t7?,8-,10+,14-,15?,30?/m1/s1. The molecule has 0 amide bonds. The van der Waals surface area contributed by atoms with Crippen molar-refractivity contribution in [1.82, 2.24) is 24.6 Å². The number of nitrogens with two attached hydrogens (primary N) is 1. The predicted octanol–water partition coefficient (Wildman–Crippen LogP) is -1.72. The van der Waals surface area contributed by atoms with E-state index in [-0.39, 0.29) is 12.4 Å². The number of carbonyl (C=O) groups excluding carboxylic acids is 1. The zero-order valence-corrected chi connectivity index (χ0v) is 16.9. The number of imidazole rings is 1. The van der Waals surface area contributed by atoms with Crippen LogP contribution >= 0.6 is 7.75 Å². The first kappa shape index (κ1) is 21.1. The fourth-order valence-electron chi connectivity index (χ4n) is 3.43. The van der Waals surface area contributed by atoms with Gasteiger partial charge in [0.2, 0.25) is 0 Å². The van der Waals surface area contributed by atoms with Crippen LogP contribution in [0.15, 0.2) is 12.7 Å². The van der Waals surface area contributed by atoms with Gasteiger partial charge in [0, 0.05) is 0 Å². The van der Waals surface area contributed by atoms with E-state index in [1.807, 2.05) is 0 Å². The minimum Gasteiger partial charge on any atom is -0.548 e. The van der Waals surface area contributed by atoms with E-state index in [0.29, 0.717) is 11.2 Å². The lowest BCUT2D eigenvalue weighted by molar-refractivity contribution is -0.307. The maximum absolute atomic E-state index is 12.7. The second kappa shape index (κ2) is 7.50. The van der Waals surface area contributed by atoms with Crippen LogP contribution in [-0.2, 0) is 27.9 Å². The maximum atomic E-state index is 12.7. The minimum atomic E-state index is -4.02. The van der Waals surface area contributed by atoms with Crippen LogP contribution in [-0.4, -0.2) is 67.8 Å². The smallest absolute Gasteiger partial charge is 0.408 e. The number of nitrogen functional groups attached to an aromatic ring is 1. The number of aromatic nitrogens is 4. The van der Waals surface area contributed by atoms with Crippen molar-refractivity contribution in [1.29, 1.82) is 0 Å². The summed E-state index contributed by atoms with van der Waals surface area (Å²) in [4.78, 5) is 23.1. The molecule has 4 N–H and O–H groups in total. The molecule has 2 aromatic heterocycles. The second-order valence-electron chi connectivity index (χ2n) is 7.13. The molecule has 14 nitrogen and oxygen atoms in total. The number of aliphatic hydroxyl groups is 1. The van der Waals surface area contributed by atoms with Gasteiger partial charge < -0.3 is 30.2 Å². The van der Waals surface area contributed by atoms with Crippen molar-refractivity contribution < 1.29 is 38.1 Å². The van der Waals surface area contributed by atoms with Crippen molar-refractivity contribution in [2.24, 2.45) is 0 Å².